The summed E-state index contributed by atoms with van der Waals surface area (Å²) < 4.78 is 6.60. The summed E-state index contributed by atoms with van der Waals surface area (Å²) in [5, 5.41) is 9.76. The summed E-state index contributed by atoms with van der Waals surface area (Å²) in [5.74, 6) is 0. The van der Waals surface area contributed by atoms with Gasteiger partial charge in [-0.3, -0.25) is 0 Å². The van der Waals surface area contributed by atoms with Crippen molar-refractivity contribution < 1.29 is 9.53 Å². The average molecular weight is 321 g/mol. The maximum Gasteiger partial charge on any atom is 0.201 e. The molecule has 22 heavy (non-hydrogen) atoms. The van der Waals surface area contributed by atoms with Gasteiger partial charge in [0, 0.05) is 0 Å². The van der Waals surface area contributed by atoms with E-state index in [0.29, 0.717) is 16.6 Å². The first-order valence-electron chi connectivity index (χ1n) is 8.36. The molecule has 0 heterocycles. The maximum atomic E-state index is 9.76. The molecule has 0 aliphatic heterocycles. The van der Waals surface area contributed by atoms with Gasteiger partial charge >= 0.3 is 0 Å². The molecule has 3 heteroatoms. The van der Waals surface area contributed by atoms with Crippen LogP contribution in [0.4, 0.5) is 0 Å². The third kappa shape index (κ3) is 4.54. The van der Waals surface area contributed by atoms with Gasteiger partial charge in [0.05, 0.1) is 12.7 Å². The zero-order valence-electron chi connectivity index (χ0n) is 14.9. The number of rotatable bonds is 8. The molecule has 0 fully saturated rings. The maximum absolute atomic E-state index is 9.76. The first-order valence-corrected chi connectivity index (χ1v) is 10.5. The monoisotopic (exact) mass is 320 g/mol. The Bertz CT molecular complexity index is 430. The van der Waals surface area contributed by atoms with Crippen LogP contribution >= 0.6 is 0 Å². The van der Waals surface area contributed by atoms with Crippen molar-refractivity contribution in [2.75, 3.05) is 6.61 Å². The van der Waals surface area contributed by atoms with E-state index in [1.807, 2.05) is 30.4 Å². The van der Waals surface area contributed by atoms with Gasteiger partial charge in [-0.05, 0) is 22.2 Å². The van der Waals surface area contributed by atoms with Gasteiger partial charge in [-0.15, -0.1) is 0 Å². The Balaban J connectivity index is 2.96. The van der Waals surface area contributed by atoms with Crippen LogP contribution in [0.15, 0.2) is 36.4 Å². The van der Waals surface area contributed by atoms with Gasteiger partial charge in [0.1, 0.15) is 0 Å². The highest BCUT2D eigenvalue weighted by Gasteiger charge is 2.46. The fraction of sp³-hybridized carbons (Fsp3) is 0.579. The van der Waals surface area contributed by atoms with Gasteiger partial charge in [0.2, 0.25) is 8.32 Å². The standard InChI is InChI=1S/C19H32O2Si/c1-15(2)22(16(3)4,17(5)6)21-19(14-20)13-12-18-10-8-7-9-11-18/h7-13,15-17,19-20H,14H2,1-6H3/b13-12+. The van der Waals surface area contributed by atoms with E-state index in [4.69, 9.17) is 4.43 Å². The van der Waals surface area contributed by atoms with E-state index in [0.717, 1.165) is 5.56 Å². The normalized spacial score (nSPS) is 14.5. The smallest absolute Gasteiger partial charge is 0.201 e. The first kappa shape index (κ1) is 19.1. The summed E-state index contributed by atoms with van der Waals surface area (Å²) in [6.45, 7) is 13.6. The Hall–Kier alpha value is -0.903. The van der Waals surface area contributed by atoms with E-state index in [-0.39, 0.29) is 12.7 Å². The van der Waals surface area contributed by atoms with Crippen LogP contribution < -0.4 is 0 Å². The molecule has 1 unspecified atom stereocenters. The molecule has 0 aromatic heterocycles. The Morgan fingerprint density at radius 1 is 0.955 bits per heavy atom. The minimum atomic E-state index is -1.96. The SMILES string of the molecule is CC(C)[Si](OC(/C=C/c1ccccc1)CO)(C(C)C)C(C)C. The average Bonchev–Trinajstić information content (AvgIpc) is 2.47. The number of hydrogen-bond donors (Lipinski definition) is 1. The molecular weight excluding hydrogens is 288 g/mol. The number of aliphatic hydroxyl groups excluding tert-OH is 1. The van der Waals surface area contributed by atoms with Crippen LogP contribution in [0.3, 0.4) is 0 Å². The van der Waals surface area contributed by atoms with Gasteiger partial charge in [-0.1, -0.05) is 84.0 Å². The molecule has 0 aliphatic carbocycles. The van der Waals surface area contributed by atoms with Crippen molar-refractivity contribution in [3.05, 3.63) is 42.0 Å². The van der Waals surface area contributed by atoms with E-state index in [2.05, 4.69) is 53.7 Å². The quantitative estimate of drug-likeness (QED) is 0.663. The van der Waals surface area contributed by atoms with Crippen molar-refractivity contribution in [3.63, 3.8) is 0 Å². The third-order valence-corrected chi connectivity index (χ3v) is 10.7. The summed E-state index contributed by atoms with van der Waals surface area (Å²) in [7, 11) is -1.96. The zero-order valence-corrected chi connectivity index (χ0v) is 15.9. The van der Waals surface area contributed by atoms with Crippen molar-refractivity contribution >= 4 is 14.4 Å². The van der Waals surface area contributed by atoms with Crippen molar-refractivity contribution in [2.45, 2.75) is 64.3 Å². The first-order chi connectivity index (χ1) is 10.3. The highest BCUT2D eigenvalue weighted by molar-refractivity contribution is 6.77. The molecule has 1 rings (SSSR count). The van der Waals surface area contributed by atoms with Crippen LogP contribution in [-0.4, -0.2) is 26.1 Å². The zero-order chi connectivity index (χ0) is 16.8. The lowest BCUT2D eigenvalue weighted by Crippen LogP contribution is -2.50. The van der Waals surface area contributed by atoms with Crippen molar-refractivity contribution in [2.24, 2.45) is 0 Å². The molecule has 0 saturated heterocycles. The molecule has 1 N–H and O–H groups in total. The van der Waals surface area contributed by atoms with Crippen LogP contribution in [-0.2, 0) is 4.43 Å². The van der Waals surface area contributed by atoms with Gasteiger partial charge < -0.3 is 9.53 Å². The summed E-state index contributed by atoms with van der Waals surface area (Å²) in [6.07, 6.45) is 3.82. The Morgan fingerprint density at radius 3 is 1.86 bits per heavy atom. The van der Waals surface area contributed by atoms with E-state index in [1.165, 1.54) is 0 Å². The van der Waals surface area contributed by atoms with Crippen LogP contribution in [0.1, 0.15) is 47.1 Å². The Kier molecular flexibility index (Phi) is 7.53. The summed E-state index contributed by atoms with van der Waals surface area (Å²) in [5.41, 5.74) is 2.69. The highest BCUT2D eigenvalue weighted by atomic mass is 28.4. The van der Waals surface area contributed by atoms with E-state index in [9.17, 15) is 5.11 Å². The second-order valence-corrected chi connectivity index (χ2v) is 12.3. The molecule has 2 nitrogen and oxygen atoms in total. The molecule has 0 amide bonds. The van der Waals surface area contributed by atoms with Gasteiger partial charge in [0.15, 0.2) is 0 Å². The molecule has 0 aliphatic rings. The molecule has 0 radical (unpaired) electrons. The molecule has 0 spiro atoms. The Labute approximate surface area is 137 Å². The number of aliphatic hydroxyl groups is 1. The van der Waals surface area contributed by atoms with Crippen molar-refractivity contribution in [1.29, 1.82) is 0 Å². The van der Waals surface area contributed by atoms with Crippen LogP contribution in [0.5, 0.6) is 0 Å². The molecule has 0 saturated carbocycles. The predicted molar refractivity (Wildman–Crippen MR) is 98.5 cm³/mol. The minimum absolute atomic E-state index is 0.0320. The molecule has 1 aromatic rings. The Morgan fingerprint density at radius 2 is 1.45 bits per heavy atom. The second-order valence-electron chi connectivity index (χ2n) is 6.93. The molecular formula is C19H32O2Si. The minimum Gasteiger partial charge on any atom is -0.407 e. The van der Waals surface area contributed by atoms with E-state index >= 15 is 0 Å². The summed E-state index contributed by atoms with van der Waals surface area (Å²) in [4.78, 5) is 0. The van der Waals surface area contributed by atoms with Gasteiger partial charge in [-0.25, -0.2) is 0 Å². The molecule has 124 valence electrons. The lowest BCUT2D eigenvalue weighted by Gasteiger charge is -2.43. The largest absolute Gasteiger partial charge is 0.407 e. The summed E-state index contributed by atoms with van der Waals surface area (Å²) in [6, 6.07) is 10.2. The van der Waals surface area contributed by atoms with Crippen LogP contribution in [0.25, 0.3) is 6.08 Å². The van der Waals surface area contributed by atoms with E-state index in [1.54, 1.807) is 0 Å². The van der Waals surface area contributed by atoms with Crippen LogP contribution in [0, 0.1) is 0 Å². The highest BCUT2D eigenvalue weighted by Crippen LogP contribution is 2.43. The van der Waals surface area contributed by atoms with E-state index < -0.39 is 8.32 Å². The molecule has 0 bridgehead atoms. The number of benzene rings is 1. The second kappa shape index (κ2) is 8.66. The number of hydrogen-bond acceptors (Lipinski definition) is 2. The summed E-state index contributed by atoms with van der Waals surface area (Å²) >= 11 is 0. The third-order valence-electron chi connectivity index (χ3n) is 4.55. The fourth-order valence-electron chi connectivity index (χ4n) is 3.59. The fourth-order valence-corrected chi connectivity index (χ4v) is 9.08. The molecule has 1 atom stereocenters. The van der Waals surface area contributed by atoms with Gasteiger partial charge in [0.25, 0.3) is 0 Å². The van der Waals surface area contributed by atoms with Crippen molar-refractivity contribution in [1.82, 2.24) is 0 Å². The predicted octanol–water partition coefficient (Wildman–Crippen LogP) is 5.25. The lowest BCUT2D eigenvalue weighted by atomic mass is 10.2. The van der Waals surface area contributed by atoms with Crippen molar-refractivity contribution in [3.8, 4) is 0 Å². The topological polar surface area (TPSA) is 29.5 Å². The van der Waals surface area contributed by atoms with Gasteiger partial charge in [-0.2, -0.15) is 0 Å². The lowest BCUT2D eigenvalue weighted by molar-refractivity contribution is 0.133. The van der Waals surface area contributed by atoms with Crippen LogP contribution in [0.2, 0.25) is 16.6 Å². The molecule has 1 aromatic carbocycles.